The molecule has 7 heteroatoms. The van der Waals surface area contributed by atoms with Crippen molar-refractivity contribution in [2.75, 3.05) is 18.2 Å². The van der Waals surface area contributed by atoms with E-state index in [0.29, 0.717) is 12.0 Å². The van der Waals surface area contributed by atoms with E-state index in [0.717, 1.165) is 12.8 Å². The normalized spacial score (nSPS) is 16.3. The molecule has 1 aromatic heterocycles. The molecule has 0 saturated heterocycles. The SMILES string of the molecule is COC(=O)c1nc(N)nc(NC2CCCCC2)n1. The van der Waals surface area contributed by atoms with Gasteiger partial charge in [-0.25, -0.2) is 4.79 Å². The molecule has 0 bridgehead atoms. The number of nitrogens with one attached hydrogen (secondary N) is 1. The van der Waals surface area contributed by atoms with Gasteiger partial charge in [0, 0.05) is 6.04 Å². The first-order valence-electron chi connectivity index (χ1n) is 6.05. The van der Waals surface area contributed by atoms with Gasteiger partial charge >= 0.3 is 5.97 Å². The highest BCUT2D eigenvalue weighted by atomic mass is 16.5. The topological polar surface area (TPSA) is 103 Å². The van der Waals surface area contributed by atoms with Gasteiger partial charge in [0.25, 0.3) is 0 Å². The Morgan fingerprint density at radius 3 is 2.67 bits per heavy atom. The van der Waals surface area contributed by atoms with E-state index in [4.69, 9.17) is 5.73 Å². The zero-order valence-electron chi connectivity index (χ0n) is 10.3. The van der Waals surface area contributed by atoms with Crippen molar-refractivity contribution in [3.05, 3.63) is 5.82 Å². The van der Waals surface area contributed by atoms with Crippen LogP contribution in [0.4, 0.5) is 11.9 Å². The largest absolute Gasteiger partial charge is 0.463 e. The summed E-state index contributed by atoms with van der Waals surface area (Å²) in [6.07, 6.45) is 5.83. The molecule has 1 fully saturated rings. The maximum absolute atomic E-state index is 11.4. The quantitative estimate of drug-likeness (QED) is 0.772. The predicted molar refractivity (Wildman–Crippen MR) is 66.1 cm³/mol. The summed E-state index contributed by atoms with van der Waals surface area (Å²) in [5.41, 5.74) is 5.55. The second-order valence-corrected chi connectivity index (χ2v) is 4.31. The minimum absolute atomic E-state index is 0.0173. The fraction of sp³-hybridized carbons (Fsp3) is 0.636. The van der Waals surface area contributed by atoms with Crippen LogP contribution < -0.4 is 11.1 Å². The summed E-state index contributed by atoms with van der Waals surface area (Å²) in [7, 11) is 1.27. The molecule has 1 aliphatic rings. The first kappa shape index (κ1) is 12.5. The van der Waals surface area contributed by atoms with Crippen LogP contribution in [0.3, 0.4) is 0 Å². The first-order chi connectivity index (χ1) is 8.69. The molecule has 0 amide bonds. The van der Waals surface area contributed by atoms with Crippen molar-refractivity contribution in [2.24, 2.45) is 0 Å². The number of methoxy groups -OCH3 is 1. The fourth-order valence-electron chi connectivity index (χ4n) is 2.07. The Morgan fingerprint density at radius 2 is 2.00 bits per heavy atom. The molecular weight excluding hydrogens is 234 g/mol. The summed E-state index contributed by atoms with van der Waals surface area (Å²) < 4.78 is 4.56. The van der Waals surface area contributed by atoms with Crippen LogP contribution in [-0.2, 0) is 4.74 Å². The van der Waals surface area contributed by atoms with E-state index in [-0.39, 0.29) is 11.8 Å². The van der Waals surface area contributed by atoms with Crippen LogP contribution in [-0.4, -0.2) is 34.1 Å². The molecule has 1 saturated carbocycles. The maximum Gasteiger partial charge on any atom is 0.376 e. The van der Waals surface area contributed by atoms with E-state index in [9.17, 15) is 4.79 Å². The highest BCUT2D eigenvalue weighted by molar-refractivity contribution is 5.85. The fourth-order valence-corrected chi connectivity index (χ4v) is 2.07. The smallest absolute Gasteiger partial charge is 0.376 e. The summed E-state index contributed by atoms with van der Waals surface area (Å²) in [6, 6.07) is 0.339. The second-order valence-electron chi connectivity index (χ2n) is 4.31. The lowest BCUT2D eigenvalue weighted by Crippen LogP contribution is -2.24. The van der Waals surface area contributed by atoms with Gasteiger partial charge in [-0.1, -0.05) is 19.3 Å². The molecule has 0 aliphatic heterocycles. The molecule has 1 heterocycles. The zero-order valence-corrected chi connectivity index (χ0v) is 10.3. The van der Waals surface area contributed by atoms with Gasteiger partial charge in [-0.05, 0) is 12.8 Å². The average molecular weight is 251 g/mol. The van der Waals surface area contributed by atoms with Gasteiger partial charge in [0.1, 0.15) is 0 Å². The number of carbonyl (C=O) groups excluding carboxylic acids is 1. The lowest BCUT2D eigenvalue weighted by molar-refractivity contribution is 0.0586. The van der Waals surface area contributed by atoms with Gasteiger partial charge in [0.05, 0.1) is 7.11 Å². The van der Waals surface area contributed by atoms with Gasteiger partial charge in [-0.2, -0.15) is 15.0 Å². The highest BCUT2D eigenvalue weighted by Crippen LogP contribution is 2.20. The summed E-state index contributed by atoms with van der Waals surface area (Å²) >= 11 is 0. The number of carbonyl (C=O) groups is 1. The van der Waals surface area contributed by atoms with Crippen molar-refractivity contribution >= 4 is 17.9 Å². The van der Waals surface area contributed by atoms with Crippen LogP contribution in [0.15, 0.2) is 0 Å². The van der Waals surface area contributed by atoms with E-state index in [1.807, 2.05) is 0 Å². The van der Waals surface area contributed by atoms with Crippen LogP contribution in [0.25, 0.3) is 0 Å². The van der Waals surface area contributed by atoms with Gasteiger partial charge in [-0.3, -0.25) is 0 Å². The summed E-state index contributed by atoms with van der Waals surface area (Å²) in [5, 5.41) is 3.19. The predicted octanol–water partition coefficient (Wildman–Crippen LogP) is 0.985. The molecular formula is C11H17N5O2. The minimum Gasteiger partial charge on any atom is -0.463 e. The van der Waals surface area contributed by atoms with Gasteiger partial charge in [0.15, 0.2) is 0 Å². The molecule has 0 atom stereocenters. The number of ether oxygens (including phenoxy) is 1. The number of hydrogen-bond donors (Lipinski definition) is 2. The molecule has 2 rings (SSSR count). The van der Waals surface area contributed by atoms with E-state index in [1.54, 1.807) is 0 Å². The first-order valence-corrected chi connectivity index (χ1v) is 6.05. The Kier molecular flexibility index (Phi) is 3.91. The Balaban J connectivity index is 2.11. The number of nitrogens with two attached hydrogens (primary N) is 1. The molecule has 0 radical (unpaired) electrons. The molecule has 1 aromatic rings. The molecule has 3 N–H and O–H groups in total. The number of hydrogen-bond acceptors (Lipinski definition) is 7. The van der Waals surface area contributed by atoms with E-state index >= 15 is 0 Å². The van der Waals surface area contributed by atoms with Crippen LogP contribution >= 0.6 is 0 Å². The van der Waals surface area contributed by atoms with Crippen LogP contribution in [0, 0.1) is 0 Å². The Labute approximate surface area is 105 Å². The zero-order chi connectivity index (χ0) is 13.0. The number of anilines is 2. The molecule has 1 aliphatic carbocycles. The number of nitrogen functional groups attached to an aromatic ring is 1. The highest BCUT2D eigenvalue weighted by Gasteiger charge is 2.17. The van der Waals surface area contributed by atoms with Gasteiger partial charge in [-0.15, -0.1) is 0 Å². The number of esters is 1. The minimum atomic E-state index is -0.615. The van der Waals surface area contributed by atoms with Gasteiger partial charge < -0.3 is 15.8 Å². The van der Waals surface area contributed by atoms with E-state index in [1.165, 1.54) is 26.4 Å². The van der Waals surface area contributed by atoms with E-state index < -0.39 is 5.97 Å². The summed E-state index contributed by atoms with van der Waals surface area (Å²) in [6.45, 7) is 0. The Bertz CT molecular complexity index is 431. The summed E-state index contributed by atoms with van der Waals surface area (Å²) in [4.78, 5) is 23.1. The molecule has 0 aromatic carbocycles. The maximum atomic E-state index is 11.4. The second kappa shape index (κ2) is 5.61. The lowest BCUT2D eigenvalue weighted by atomic mass is 9.96. The lowest BCUT2D eigenvalue weighted by Gasteiger charge is -2.22. The van der Waals surface area contributed by atoms with Crippen molar-refractivity contribution in [1.82, 2.24) is 15.0 Å². The molecule has 98 valence electrons. The molecule has 18 heavy (non-hydrogen) atoms. The van der Waals surface area contributed by atoms with Crippen LogP contribution in [0.5, 0.6) is 0 Å². The number of aromatic nitrogens is 3. The Hall–Kier alpha value is -1.92. The molecule has 0 spiro atoms. The Morgan fingerprint density at radius 1 is 1.28 bits per heavy atom. The van der Waals surface area contributed by atoms with Crippen molar-refractivity contribution in [3.8, 4) is 0 Å². The summed E-state index contributed by atoms with van der Waals surface area (Å²) in [5.74, 6) is -0.322. The van der Waals surface area contributed by atoms with Crippen molar-refractivity contribution < 1.29 is 9.53 Å². The third kappa shape index (κ3) is 3.06. The van der Waals surface area contributed by atoms with Crippen LogP contribution in [0.2, 0.25) is 0 Å². The average Bonchev–Trinajstić information content (AvgIpc) is 2.38. The molecule has 0 unspecified atom stereocenters. The van der Waals surface area contributed by atoms with Crippen molar-refractivity contribution in [3.63, 3.8) is 0 Å². The monoisotopic (exact) mass is 251 g/mol. The number of nitrogens with zero attached hydrogens (tertiary/aromatic N) is 3. The van der Waals surface area contributed by atoms with Gasteiger partial charge in [0.2, 0.25) is 17.7 Å². The van der Waals surface area contributed by atoms with Crippen molar-refractivity contribution in [1.29, 1.82) is 0 Å². The standard InChI is InChI=1S/C11H17N5O2/c1-18-9(17)8-14-10(12)16-11(15-8)13-7-5-3-2-4-6-7/h7H,2-6H2,1H3,(H3,12,13,14,15,16). The third-order valence-corrected chi connectivity index (χ3v) is 2.96. The molecule has 7 nitrogen and oxygen atoms in total. The number of rotatable bonds is 3. The third-order valence-electron chi connectivity index (χ3n) is 2.96. The van der Waals surface area contributed by atoms with Crippen molar-refractivity contribution in [2.45, 2.75) is 38.1 Å². The van der Waals surface area contributed by atoms with Crippen LogP contribution in [0.1, 0.15) is 42.7 Å². The van der Waals surface area contributed by atoms with E-state index in [2.05, 4.69) is 25.0 Å².